The summed E-state index contributed by atoms with van der Waals surface area (Å²) in [6.45, 7) is 7.56. The van der Waals surface area contributed by atoms with Gasteiger partial charge in [-0.1, -0.05) is 33.3 Å². The maximum absolute atomic E-state index is 13.6. The molecule has 2 atom stereocenters. The summed E-state index contributed by atoms with van der Waals surface area (Å²) in [6, 6.07) is 5.69. The molecule has 2 unspecified atom stereocenters. The van der Waals surface area contributed by atoms with Gasteiger partial charge in [0.1, 0.15) is 5.82 Å². The maximum Gasteiger partial charge on any atom is 0.137 e. The van der Waals surface area contributed by atoms with Crippen molar-refractivity contribution >= 4 is 15.9 Å². The minimum Gasteiger partial charge on any atom is -0.310 e. The quantitative estimate of drug-likeness (QED) is 0.741. The van der Waals surface area contributed by atoms with Crippen LogP contribution in [0.3, 0.4) is 0 Å². The second-order valence-corrected chi connectivity index (χ2v) is 5.78. The van der Waals surface area contributed by atoms with E-state index in [0.717, 1.165) is 31.4 Å². The van der Waals surface area contributed by atoms with E-state index in [0.29, 0.717) is 10.4 Å². The zero-order valence-electron chi connectivity index (χ0n) is 11.5. The SMILES string of the molecule is CCCNC(CC(C)CC)c1ccc(Br)c(F)c1. The van der Waals surface area contributed by atoms with Crippen molar-refractivity contribution in [3.05, 3.63) is 34.1 Å². The molecule has 0 saturated heterocycles. The average Bonchev–Trinajstić information content (AvgIpc) is 2.37. The molecule has 0 aliphatic carbocycles. The van der Waals surface area contributed by atoms with Crippen molar-refractivity contribution in [3.8, 4) is 0 Å². The molecule has 0 fully saturated rings. The summed E-state index contributed by atoms with van der Waals surface area (Å²) in [7, 11) is 0. The molecular formula is C15H23BrFN. The maximum atomic E-state index is 13.6. The number of halogens is 2. The van der Waals surface area contributed by atoms with Crippen molar-refractivity contribution in [1.82, 2.24) is 5.32 Å². The highest BCUT2D eigenvalue weighted by Gasteiger charge is 2.15. The second kappa shape index (κ2) is 7.90. The van der Waals surface area contributed by atoms with Gasteiger partial charge in [-0.15, -0.1) is 0 Å². The first-order valence-electron chi connectivity index (χ1n) is 6.76. The molecule has 3 heteroatoms. The summed E-state index contributed by atoms with van der Waals surface area (Å²) in [5.74, 6) is 0.464. The third-order valence-corrected chi connectivity index (χ3v) is 3.96. The lowest BCUT2D eigenvalue weighted by molar-refractivity contribution is 0.401. The Morgan fingerprint density at radius 2 is 2.06 bits per heavy atom. The summed E-state index contributed by atoms with van der Waals surface area (Å²) >= 11 is 3.20. The molecule has 18 heavy (non-hydrogen) atoms. The molecule has 1 aromatic rings. The van der Waals surface area contributed by atoms with Gasteiger partial charge >= 0.3 is 0 Å². The summed E-state index contributed by atoms with van der Waals surface area (Å²) in [4.78, 5) is 0. The van der Waals surface area contributed by atoms with Gasteiger partial charge in [-0.2, -0.15) is 0 Å². The van der Waals surface area contributed by atoms with Crippen LogP contribution in [-0.2, 0) is 0 Å². The lowest BCUT2D eigenvalue weighted by atomic mass is 9.94. The molecule has 1 nitrogen and oxygen atoms in total. The Balaban J connectivity index is 2.82. The van der Waals surface area contributed by atoms with Crippen LogP contribution in [0.15, 0.2) is 22.7 Å². The summed E-state index contributed by atoms with van der Waals surface area (Å²) in [5, 5.41) is 3.52. The molecule has 0 bridgehead atoms. The van der Waals surface area contributed by atoms with E-state index in [4.69, 9.17) is 0 Å². The molecule has 1 rings (SSSR count). The van der Waals surface area contributed by atoms with Crippen LogP contribution in [0.4, 0.5) is 4.39 Å². The van der Waals surface area contributed by atoms with Crippen LogP contribution >= 0.6 is 15.9 Å². The molecule has 1 aromatic carbocycles. The molecule has 0 aliphatic heterocycles. The molecule has 102 valence electrons. The smallest absolute Gasteiger partial charge is 0.137 e. The van der Waals surface area contributed by atoms with Gasteiger partial charge in [-0.05, 0) is 58.9 Å². The monoisotopic (exact) mass is 315 g/mol. The Morgan fingerprint density at radius 1 is 1.33 bits per heavy atom. The topological polar surface area (TPSA) is 12.0 Å². The number of benzene rings is 1. The molecule has 1 N–H and O–H groups in total. The van der Waals surface area contributed by atoms with Gasteiger partial charge in [0.2, 0.25) is 0 Å². The summed E-state index contributed by atoms with van der Waals surface area (Å²) < 4.78 is 14.1. The lowest BCUT2D eigenvalue weighted by Gasteiger charge is -2.22. The Hall–Kier alpha value is -0.410. The van der Waals surface area contributed by atoms with Gasteiger partial charge in [0.15, 0.2) is 0 Å². The second-order valence-electron chi connectivity index (χ2n) is 4.93. The standard InChI is InChI=1S/C15H23BrFN/c1-4-8-18-15(9-11(3)5-2)12-6-7-13(16)14(17)10-12/h6-7,10-11,15,18H,4-5,8-9H2,1-3H3. The zero-order valence-corrected chi connectivity index (χ0v) is 13.1. The largest absolute Gasteiger partial charge is 0.310 e. The van der Waals surface area contributed by atoms with Crippen molar-refractivity contribution in [3.63, 3.8) is 0 Å². The van der Waals surface area contributed by atoms with Gasteiger partial charge < -0.3 is 5.32 Å². The normalized spacial score (nSPS) is 14.5. The number of rotatable bonds is 7. The van der Waals surface area contributed by atoms with E-state index >= 15 is 0 Å². The fraction of sp³-hybridized carbons (Fsp3) is 0.600. The van der Waals surface area contributed by atoms with Gasteiger partial charge in [0.25, 0.3) is 0 Å². The van der Waals surface area contributed by atoms with E-state index in [1.54, 1.807) is 12.1 Å². The molecule has 0 heterocycles. The van der Waals surface area contributed by atoms with Crippen molar-refractivity contribution in [1.29, 1.82) is 0 Å². The van der Waals surface area contributed by atoms with Crippen LogP contribution < -0.4 is 5.32 Å². The van der Waals surface area contributed by atoms with E-state index in [-0.39, 0.29) is 11.9 Å². The fourth-order valence-electron chi connectivity index (χ4n) is 1.95. The van der Waals surface area contributed by atoms with Gasteiger partial charge in [0.05, 0.1) is 4.47 Å². The molecule has 0 aliphatic rings. The van der Waals surface area contributed by atoms with Crippen molar-refractivity contribution in [2.24, 2.45) is 5.92 Å². The average molecular weight is 316 g/mol. The Morgan fingerprint density at radius 3 is 2.61 bits per heavy atom. The summed E-state index contributed by atoms with van der Waals surface area (Å²) in [5.41, 5.74) is 1.05. The highest BCUT2D eigenvalue weighted by atomic mass is 79.9. The predicted octanol–water partition coefficient (Wildman–Crippen LogP) is 5.07. The van der Waals surface area contributed by atoms with E-state index in [9.17, 15) is 4.39 Å². The van der Waals surface area contributed by atoms with Crippen LogP contribution in [0.1, 0.15) is 51.6 Å². The molecule has 0 amide bonds. The van der Waals surface area contributed by atoms with Crippen LogP contribution in [0.25, 0.3) is 0 Å². The van der Waals surface area contributed by atoms with E-state index in [1.165, 1.54) is 0 Å². The predicted molar refractivity (Wildman–Crippen MR) is 79.2 cm³/mol. The van der Waals surface area contributed by atoms with Crippen molar-refractivity contribution in [2.45, 2.75) is 46.1 Å². The van der Waals surface area contributed by atoms with Gasteiger partial charge in [0, 0.05) is 6.04 Å². The van der Waals surface area contributed by atoms with Gasteiger partial charge in [-0.25, -0.2) is 4.39 Å². The molecule has 0 saturated carbocycles. The highest BCUT2D eigenvalue weighted by Crippen LogP contribution is 2.26. The third-order valence-electron chi connectivity index (χ3n) is 3.32. The third kappa shape index (κ3) is 4.69. The fourth-order valence-corrected chi connectivity index (χ4v) is 2.20. The van der Waals surface area contributed by atoms with Crippen LogP contribution in [0.2, 0.25) is 0 Å². The minimum atomic E-state index is -0.181. The first-order valence-corrected chi connectivity index (χ1v) is 7.56. The van der Waals surface area contributed by atoms with Crippen LogP contribution in [0, 0.1) is 11.7 Å². The van der Waals surface area contributed by atoms with E-state index in [1.807, 2.05) is 6.07 Å². The lowest BCUT2D eigenvalue weighted by Crippen LogP contribution is -2.24. The zero-order chi connectivity index (χ0) is 13.5. The van der Waals surface area contributed by atoms with E-state index < -0.39 is 0 Å². The first kappa shape index (κ1) is 15.6. The minimum absolute atomic E-state index is 0.181. The summed E-state index contributed by atoms with van der Waals surface area (Å²) in [6.07, 6.45) is 3.30. The van der Waals surface area contributed by atoms with Crippen LogP contribution in [-0.4, -0.2) is 6.54 Å². The number of hydrogen-bond donors (Lipinski definition) is 1. The van der Waals surface area contributed by atoms with E-state index in [2.05, 4.69) is 42.0 Å². The molecule has 0 radical (unpaired) electrons. The Labute approximate surface area is 118 Å². The highest BCUT2D eigenvalue weighted by molar-refractivity contribution is 9.10. The molecular weight excluding hydrogens is 293 g/mol. The van der Waals surface area contributed by atoms with Crippen LogP contribution in [0.5, 0.6) is 0 Å². The van der Waals surface area contributed by atoms with Crippen molar-refractivity contribution < 1.29 is 4.39 Å². The molecule has 0 spiro atoms. The number of hydrogen-bond acceptors (Lipinski definition) is 1. The van der Waals surface area contributed by atoms with Crippen molar-refractivity contribution in [2.75, 3.05) is 6.54 Å². The number of nitrogens with one attached hydrogen (secondary N) is 1. The Bertz CT molecular complexity index is 368. The van der Waals surface area contributed by atoms with Gasteiger partial charge in [-0.3, -0.25) is 0 Å². The first-order chi connectivity index (χ1) is 8.58. The Kier molecular flexibility index (Phi) is 6.87. The molecule has 0 aromatic heterocycles.